The van der Waals surface area contributed by atoms with Gasteiger partial charge in [-0.15, -0.1) is 0 Å². The van der Waals surface area contributed by atoms with Crippen molar-refractivity contribution in [2.75, 3.05) is 26.4 Å². The summed E-state index contributed by atoms with van der Waals surface area (Å²) in [6.07, 6.45) is 6.74. The molecule has 1 aromatic rings. The molecule has 0 aliphatic carbocycles. The number of aromatic nitrogens is 2. The van der Waals surface area contributed by atoms with Gasteiger partial charge in [-0.25, -0.2) is 0 Å². The number of rotatable bonds is 3. The summed E-state index contributed by atoms with van der Waals surface area (Å²) in [5.74, 6) is -0.0689. The van der Waals surface area contributed by atoms with E-state index >= 15 is 0 Å². The fourth-order valence-corrected chi connectivity index (χ4v) is 4.11. The van der Waals surface area contributed by atoms with Crippen LogP contribution in [0.1, 0.15) is 29.6 Å². The van der Waals surface area contributed by atoms with Crippen molar-refractivity contribution in [2.45, 2.75) is 43.5 Å². The number of nitrogens with one attached hydrogen (secondary N) is 1. The lowest BCUT2D eigenvalue weighted by Gasteiger charge is -2.34. The van der Waals surface area contributed by atoms with Crippen molar-refractivity contribution in [1.29, 1.82) is 0 Å². The van der Waals surface area contributed by atoms with Crippen LogP contribution in [0.4, 0.5) is 0 Å². The molecule has 23 heavy (non-hydrogen) atoms. The molecule has 0 bridgehead atoms. The quantitative estimate of drug-likeness (QED) is 0.860. The minimum absolute atomic E-state index is 0.0357. The molecule has 0 saturated carbocycles. The Morgan fingerprint density at radius 2 is 2.30 bits per heavy atom. The highest BCUT2D eigenvalue weighted by molar-refractivity contribution is 5.93. The van der Waals surface area contributed by atoms with Crippen LogP contribution in [0.25, 0.3) is 0 Å². The van der Waals surface area contributed by atoms with E-state index in [9.17, 15) is 4.79 Å². The Labute approximate surface area is 135 Å². The third-order valence-electron chi connectivity index (χ3n) is 5.22. The van der Waals surface area contributed by atoms with E-state index in [1.165, 1.54) is 0 Å². The standard InChI is InChI=1S/C16H24N4O3/c1-19-8-11(7-17-19)16(21)18-13-9-20(12-4-6-22-10-12)14-3-2-5-23-15(13)14/h7-8,12-15H,2-6,9-10H2,1H3,(H,18,21)/t12-,13+,14-,15-/m1/s1. The highest BCUT2D eigenvalue weighted by Crippen LogP contribution is 2.32. The summed E-state index contributed by atoms with van der Waals surface area (Å²) in [4.78, 5) is 15.0. The van der Waals surface area contributed by atoms with E-state index in [2.05, 4.69) is 15.3 Å². The Balaban J connectivity index is 1.48. The summed E-state index contributed by atoms with van der Waals surface area (Å²) in [5.41, 5.74) is 0.600. The van der Waals surface area contributed by atoms with Crippen LogP contribution in [0.15, 0.2) is 12.4 Å². The molecule has 0 aromatic carbocycles. The second-order valence-corrected chi connectivity index (χ2v) is 6.74. The molecule has 3 aliphatic rings. The maximum absolute atomic E-state index is 12.5. The number of aryl methyl sites for hydroxylation is 1. The zero-order chi connectivity index (χ0) is 15.8. The summed E-state index contributed by atoms with van der Waals surface area (Å²) in [6, 6.07) is 0.896. The number of carbonyl (C=O) groups excluding carboxylic acids is 1. The predicted octanol–water partition coefficient (Wildman–Crippen LogP) is 0.171. The fourth-order valence-electron chi connectivity index (χ4n) is 4.11. The number of nitrogens with zero attached hydrogens (tertiary/aromatic N) is 3. The third kappa shape index (κ3) is 2.88. The SMILES string of the molecule is Cn1cc(C(=O)N[C@H]2CN([C@@H]3CCOC3)[C@@H]3CCCO[C@H]23)cn1. The van der Waals surface area contributed by atoms with Gasteiger partial charge in [0.1, 0.15) is 0 Å². The first-order valence-corrected chi connectivity index (χ1v) is 8.47. The van der Waals surface area contributed by atoms with Gasteiger partial charge in [-0.05, 0) is 19.3 Å². The van der Waals surface area contributed by atoms with Crippen molar-refractivity contribution in [1.82, 2.24) is 20.0 Å². The Morgan fingerprint density at radius 3 is 3.04 bits per heavy atom. The molecule has 126 valence electrons. The molecule has 1 N–H and O–H groups in total. The van der Waals surface area contributed by atoms with Gasteiger partial charge in [-0.1, -0.05) is 0 Å². The van der Waals surface area contributed by atoms with E-state index in [-0.39, 0.29) is 18.1 Å². The number of ether oxygens (including phenoxy) is 2. The van der Waals surface area contributed by atoms with Crippen molar-refractivity contribution >= 4 is 5.91 Å². The average Bonchev–Trinajstić information content (AvgIpc) is 3.27. The molecular formula is C16H24N4O3. The lowest BCUT2D eigenvalue weighted by molar-refractivity contribution is -0.0270. The molecule has 4 atom stereocenters. The van der Waals surface area contributed by atoms with Crippen LogP contribution in [-0.4, -0.2) is 71.2 Å². The molecule has 3 saturated heterocycles. The van der Waals surface area contributed by atoms with Gasteiger partial charge < -0.3 is 14.8 Å². The van der Waals surface area contributed by atoms with Crippen molar-refractivity contribution in [3.05, 3.63) is 18.0 Å². The number of hydrogen-bond donors (Lipinski definition) is 1. The zero-order valence-electron chi connectivity index (χ0n) is 13.5. The van der Waals surface area contributed by atoms with Crippen LogP contribution in [-0.2, 0) is 16.5 Å². The summed E-state index contributed by atoms with van der Waals surface area (Å²) < 4.78 is 13.2. The largest absolute Gasteiger partial charge is 0.380 e. The molecular weight excluding hydrogens is 296 g/mol. The van der Waals surface area contributed by atoms with Gasteiger partial charge in [0.05, 0.1) is 30.5 Å². The van der Waals surface area contributed by atoms with Gasteiger partial charge in [-0.2, -0.15) is 5.10 Å². The summed E-state index contributed by atoms with van der Waals surface area (Å²) >= 11 is 0. The van der Waals surface area contributed by atoms with Crippen LogP contribution in [0.2, 0.25) is 0 Å². The topological polar surface area (TPSA) is 68.6 Å². The third-order valence-corrected chi connectivity index (χ3v) is 5.22. The van der Waals surface area contributed by atoms with Crippen LogP contribution < -0.4 is 5.32 Å². The number of hydrogen-bond acceptors (Lipinski definition) is 5. The van der Waals surface area contributed by atoms with Crippen molar-refractivity contribution in [3.63, 3.8) is 0 Å². The number of amides is 1. The number of fused-ring (bicyclic) bond motifs is 1. The van der Waals surface area contributed by atoms with Gasteiger partial charge >= 0.3 is 0 Å². The smallest absolute Gasteiger partial charge is 0.254 e. The van der Waals surface area contributed by atoms with Crippen molar-refractivity contribution in [2.24, 2.45) is 7.05 Å². The average molecular weight is 320 g/mol. The van der Waals surface area contributed by atoms with Crippen LogP contribution in [0.3, 0.4) is 0 Å². The first-order valence-electron chi connectivity index (χ1n) is 8.47. The Kier molecular flexibility index (Phi) is 4.09. The molecule has 0 unspecified atom stereocenters. The van der Waals surface area contributed by atoms with Crippen LogP contribution >= 0.6 is 0 Å². The maximum atomic E-state index is 12.5. The highest BCUT2D eigenvalue weighted by atomic mass is 16.5. The lowest BCUT2D eigenvalue weighted by Crippen LogP contribution is -2.48. The van der Waals surface area contributed by atoms with Crippen LogP contribution in [0, 0.1) is 0 Å². The molecule has 7 heteroatoms. The van der Waals surface area contributed by atoms with E-state index in [1.807, 2.05) is 7.05 Å². The first kappa shape index (κ1) is 15.1. The Bertz CT molecular complexity index is 569. The van der Waals surface area contributed by atoms with E-state index in [4.69, 9.17) is 9.47 Å². The van der Waals surface area contributed by atoms with E-state index in [0.29, 0.717) is 17.6 Å². The van der Waals surface area contributed by atoms with E-state index in [0.717, 1.165) is 45.6 Å². The van der Waals surface area contributed by atoms with Gasteiger partial charge in [-0.3, -0.25) is 14.4 Å². The molecule has 1 aromatic heterocycles. The Morgan fingerprint density at radius 1 is 1.39 bits per heavy atom. The van der Waals surface area contributed by atoms with Gasteiger partial charge in [0.25, 0.3) is 5.91 Å². The molecule has 4 rings (SSSR count). The molecule has 1 amide bonds. The highest BCUT2D eigenvalue weighted by Gasteiger charge is 2.47. The fraction of sp³-hybridized carbons (Fsp3) is 0.750. The normalized spacial score (nSPS) is 34.5. The molecule has 3 fully saturated rings. The summed E-state index contributed by atoms with van der Waals surface area (Å²) in [7, 11) is 1.81. The molecule has 3 aliphatic heterocycles. The van der Waals surface area contributed by atoms with Gasteiger partial charge in [0.15, 0.2) is 0 Å². The van der Waals surface area contributed by atoms with Gasteiger partial charge in [0.2, 0.25) is 0 Å². The predicted molar refractivity (Wildman–Crippen MR) is 83.2 cm³/mol. The molecule has 0 spiro atoms. The minimum Gasteiger partial charge on any atom is -0.380 e. The van der Waals surface area contributed by atoms with Crippen LogP contribution in [0.5, 0.6) is 0 Å². The first-order chi connectivity index (χ1) is 11.2. The number of likely N-dealkylation sites (tertiary alicyclic amines) is 1. The molecule has 7 nitrogen and oxygen atoms in total. The summed E-state index contributed by atoms with van der Waals surface area (Å²) in [6.45, 7) is 3.27. The minimum atomic E-state index is -0.0689. The second-order valence-electron chi connectivity index (χ2n) is 6.74. The van der Waals surface area contributed by atoms with Crippen molar-refractivity contribution < 1.29 is 14.3 Å². The second kappa shape index (κ2) is 6.22. The monoisotopic (exact) mass is 320 g/mol. The molecule has 4 heterocycles. The van der Waals surface area contributed by atoms with Gasteiger partial charge in [0, 0.05) is 45.1 Å². The summed E-state index contributed by atoms with van der Waals surface area (Å²) in [5, 5.41) is 7.23. The maximum Gasteiger partial charge on any atom is 0.254 e. The molecule has 0 radical (unpaired) electrons. The zero-order valence-corrected chi connectivity index (χ0v) is 13.5. The van der Waals surface area contributed by atoms with E-state index in [1.54, 1.807) is 17.1 Å². The van der Waals surface area contributed by atoms with E-state index < -0.39 is 0 Å². The number of carbonyl (C=O) groups is 1. The Hall–Kier alpha value is -1.44. The lowest BCUT2D eigenvalue weighted by atomic mass is 10.00. The van der Waals surface area contributed by atoms with Crippen molar-refractivity contribution in [3.8, 4) is 0 Å².